The zero-order valence-electron chi connectivity index (χ0n) is 6.63. The quantitative estimate of drug-likeness (QED) is 0.517. The molecule has 0 spiro atoms. The van der Waals surface area contributed by atoms with Crippen LogP contribution in [-0.4, -0.2) is 29.7 Å². The first-order valence-electron chi connectivity index (χ1n) is 3.58. The molecule has 1 aliphatic heterocycles. The van der Waals surface area contributed by atoms with Gasteiger partial charge >= 0.3 is 6.09 Å². The van der Waals surface area contributed by atoms with Crippen molar-refractivity contribution in [3.05, 3.63) is 0 Å². The summed E-state index contributed by atoms with van der Waals surface area (Å²) in [5.74, 6) is 0. The smallest absolute Gasteiger partial charge is 0.410 e. The SMILES string of the molecule is CC(C)OC(=O)N1C[C@H]1C. The minimum absolute atomic E-state index is 0.000278. The lowest BCUT2D eigenvalue weighted by molar-refractivity contribution is 0.0999. The maximum Gasteiger partial charge on any atom is 0.410 e. The molecule has 3 nitrogen and oxygen atoms in total. The molecule has 1 atom stereocenters. The molecule has 1 amide bonds. The second kappa shape index (κ2) is 2.48. The van der Waals surface area contributed by atoms with E-state index in [-0.39, 0.29) is 12.2 Å². The first-order valence-corrected chi connectivity index (χ1v) is 3.58. The fourth-order valence-corrected chi connectivity index (χ4v) is 0.761. The molecule has 1 saturated heterocycles. The number of hydrogen-bond acceptors (Lipinski definition) is 2. The lowest BCUT2D eigenvalue weighted by Gasteiger charge is -2.07. The molecule has 0 radical (unpaired) electrons. The predicted octanol–water partition coefficient (Wildman–Crippen LogP) is 1.24. The van der Waals surface area contributed by atoms with Crippen LogP contribution >= 0.6 is 0 Å². The fraction of sp³-hybridized carbons (Fsp3) is 0.857. The Balaban J connectivity index is 2.23. The van der Waals surface area contributed by atoms with Gasteiger partial charge in [0.15, 0.2) is 0 Å². The van der Waals surface area contributed by atoms with E-state index >= 15 is 0 Å². The van der Waals surface area contributed by atoms with Gasteiger partial charge in [-0.1, -0.05) is 0 Å². The summed E-state index contributed by atoms with van der Waals surface area (Å²) in [6, 6.07) is 0.395. The topological polar surface area (TPSA) is 29.3 Å². The Kier molecular flexibility index (Phi) is 1.83. The zero-order valence-corrected chi connectivity index (χ0v) is 6.63. The summed E-state index contributed by atoms with van der Waals surface area (Å²) in [5, 5.41) is 0. The average molecular weight is 143 g/mol. The molecule has 0 saturated carbocycles. The second-order valence-corrected chi connectivity index (χ2v) is 2.93. The van der Waals surface area contributed by atoms with Crippen molar-refractivity contribution in [3.8, 4) is 0 Å². The van der Waals surface area contributed by atoms with Crippen molar-refractivity contribution >= 4 is 6.09 Å². The maximum absolute atomic E-state index is 10.9. The van der Waals surface area contributed by atoms with E-state index < -0.39 is 0 Å². The van der Waals surface area contributed by atoms with E-state index in [2.05, 4.69) is 0 Å². The van der Waals surface area contributed by atoms with Crippen LogP contribution in [0.5, 0.6) is 0 Å². The summed E-state index contributed by atoms with van der Waals surface area (Å²) in [4.78, 5) is 12.6. The van der Waals surface area contributed by atoms with Crippen LogP contribution in [0.4, 0.5) is 4.79 Å². The molecule has 1 heterocycles. The highest BCUT2D eigenvalue weighted by Crippen LogP contribution is 2.17. The van der Waals surface area contributed by atoms with Gasteiger partial charge in [-0.25, -0.2) is 4.79 Å². The van der Waals surface area contributed by atoms with Crippen molar-refractivity contribution in [2.75, 3.05) is 6.54 Å². The van der Waals surface area contributed by atoms with Crippen molar-refractivity contribution in [2.24, 2.45) is 0 Å². The van der Waals surface area contributed by atoms with Gasteiger partial charge < -0.3 is 9.64 Å². The predicted molar refractivity (Wildman–Crippen MR) is 37.8 cm³/mol. The van der Waals surface area contributed by atoms with E-state index in [0.717, 1.165) is 6.54 Å². The highest BCUT2D eigenvalue weighted by atomic mass is 16.6. The summed E-state index contributed by atoms with van der Waals surface area (Å²) < 4.78 is 4.93. The van der Waals surface area contributed by atoms with Crippen molar-refractivity contribution in [1.29, 1.82) is 0 Å². The lowest BCUT2D eigenvalue weighted by Crippen LogP contribution is -2.18. The van der Waals surface area contributed by atoms with Gasteiger partial charge in [-0.2, -0.15) is 0 Å². The molecule has 10 heavy (non-hydrogen) atoms. The molecule has 1 rings (SSSR count). The molecule has 1 fully saturated rings. The monoisotopic (exact) mass is 143 g/mol. The number of carbonyl (C=O) groups excluding carboxylic acids is 1. The summed E-state index contributed by atoms with van der Waals surface area (Å²) >= 11 is 0. The van der Waals surface area contributed by atoms with Crippen molar-refractivity contribution in [2.45, 2.75) is 32.9 Å². The van der Waals surface area contributed by atoms with Gasteiger partial charge in [0.25, 0.3) is 0 Å². The van der Waals surface area contributed by atoms with Crippen LogP contribution in [0.3, 0.4) is 0 Å². The molecule has 0 aliphatic carbocycles. The molecular weight excluding hydrogens is 130 g/mol. The Bertz CT molecular complexity index is 145. The van der Waals surface area contributed by atoms with Gasteiger partial charge in [-0.15, -0.1) is 0 Å². The van der Waals surface area contributed by atoms with Crippen LogP contribution in [0.15, 0.2) is 0 Å². The largest absolute Gasteiger partial charge is 0.447 e. The molecule has 0 aromatic rings. The first kappa shape index (κ1) is 7.38. The van der Waals surface area contributed by atoms with Gasteiger partial charge in [0, 0.05) is 6.54 Å². The zero-order chi connectivity index (χ0) is 7.72. The van der Waals surface area contributed by atoms with E-state index in [0.29, 0.717) is 6.04 Å². The van der Waals surface area contributed by atoms with Gasteiger partial charge in [0.1, 0.15) is 0 Å². The van der Waals surface area contributed by atoms with E-state index in [1.54, 1.807) is 4.90 Å². The minimum Gasteiger partial charge on any atom is -0.447 e. The van der Waals surface area contributed by atoms with Gasteiger partial charge in [-0.3, -0.25) is 0 Å². The van der Waals surface area contributed by atoms with E-state index in [1.807, 2.05) is 20.8 Å². The maximum atomic E-state index is 10.9. The summed E-state index contributed by atoms with van der Waals surface area (Å²) in [6.45, 7) is 6.56. The molecule has 0 N–H and O–H groups in total. The molecule has 58 valence electrons. The third kappa shape index (κ3) is 1.62. The fourth-order valence-electron chi connectivity index (χ4n) is 0.761. The molecule has 0 aromatic heterocycles. The van der Waals surface area contributed by atoms with Crippen molar-refractivity contribution in [3.63, 3.8) is 0 Å². The normalized spacial score (nSPS) is 23.2. The molecular formula is C7H13NO2. The van der Waals surface area contributed by atoms with E-state index in [1.165, 1.54) is 0 Å². The number of amides is 1. The number of hydrogen-bond donors (Lipinski definition) is 0. The minimum atomic E-state index is -0.178. The van der Waals surface area contributed by atoms with Crippen LogP contribution in [-0.2, 0) is 4.74 Å². The van der Waals surface area contributed by atoms with E-state index in [9.17, 15) is 4.79 Å². The molecule has 3 heteroatoms. The van der Waals surface area contributed by atoms with Crippen LogP contribution in [0.2, 0.25) is 0 Å². The Hall–Kier alpha value is -0.730. The van der Waals surface area contributed by atoms with E-state index in [4.69, 9.17) is 4.74 Å². The molecule has 1 aliphatic rings. The number of rotatable bonds is 1. The van der Waals surface area contributed by atoms with Crippen LogP contribution in [0.25, 0.3) is 0 Å². The molecule has 0 aromatic carbocycles. The Morgan fingerprint density at radius 1 is 1.70 bits per heavy atom. The third-order valence-electron chi connectivity index (χ3n) is 1.43. The highest BCUT2D eigenvalue weighted by molar-refractivity contribution is 5.70. The Labute approximate surface area is 61.0 Å². The van der Waals surface area contributed by atoms with Crippen LogP contribution in [0.1, 0.15) is 20.8 Å². The first-order chi connectivity index (χ1) is 4.61. The molecule has 0 bridgehead atoms. The Morgan fingerprint density at radius 3 is 2.50 bits per heavy atom. The summed E-state index contributed by atoms with van der Waals surface area (Å²) in [6.07, 6.45) is -0.178. The van der Waals surface area contributed by atoms with Gasteiger partial charge in [0.2, 0.25) is 0 Å². The van der Waals surface area contributed by atoms with Crippen molar-refractivity contribution < 1.29 is 9.53 Å². The third-order valence-corrected chi connectivity index (χ3v) is 1.43. The van der Waals surface area contributed by atoms with Gasteiger partial charge in [-0.05, 0) is 20.8 Å². The average Bonchev–Trinajstić information content (AvgIpc) is 2.44. The number of carbonyl (C=O) groups is 1. The summed E-state index contributed by atoms with van der Waals surface area (Å²) in [5.41, 5.74) is 0. The van der Waals surface area contributed by atoms with Crippen molar-refractivity contribution in [1.82, 2.24) is 4.90 Å². The standard InChI is InChI=1S/C7H13NO2/c1-5(2)10-7(9)8-4-6(8)3/h5-6H,4H2,1-3H3/t6-,8?/m1/s1. The Morgan fingerprint density at radius 2 is 2.20 bits per heavy atom. The van der Waals surface area contributed by atoms with Crippen LogP contribution < -0.4 is 0 Å². The highest BCUT2D eigenvalue weighted by Gasteiger charge is 2.35. The number of ether oxygens (including phenoxy) is 1. The van der Waals surface area contributed by atoms with Gasteiger partial charge in [0.05, 0.1) is 12.1 Å². The lowest BCUT2D eigenvalue weighted by atomic mass is 10.5. The molecule has 0 unspecified atom stereocenters. The number of nitrogens with zero attached hydrogens (tertiary/aromatic N) is 1. The van der Waals surface area contributed by atoms with Crippen LogP contribution in [0, 0.1) is 0 Å². The second-order valence-electron chi connectivity index (χ2n) is 2.93. The summed E-state index contributed by atoms with van der Waals surface area (Å²) in [7, 11) is 0.